The molecule has 1 aliphatic heterocycles. The van der Waals surface area contributed by atoms with Gasteiger partial charge >= 0.3 is 0 Å². The Morgan fingerprint density at radius 3 is 2.72 bits per heavy atom. The van der Waals surface area contributed by atoms with E-state index in [4.69, 9.17) is 32.9 Å². The molecule has 1 saturated heterocycles. The van der Waals surface area contributed by atoms with Crippen molar-refractivity contribution in [2.24, 2.45) is 5.92 Å². The highest BCUT2D eigenvalue weighted by molar-refractivity contribution is 7.98. The van der Waals surface area contributed by atoms with E-state index < -0.39 is 0 Å². The van der Waals surface area contributed by atoms with Gasteiger partial charge in [-0.05, 0) is 54.8 Å². The van der Waals surface area contributed by atoms with Gasteiger partial charge in [-0.15, -0.1) is 11.8 Å². The molecule has 4 nitrogen and oxygen atoms in total. The zero-order chi connectivity index (χ0) is 20.2. The lowest BCUT2D eigenvalue weighted by atomic mass is 9.93. The van der Waals surface area contributed by atoms with Gasteiger partial charge in [-0.25, -0.2) is 4.98 Å². The second kappa shape index (κ2) is 9.35. The maximum absolute atomic E-state index is 6.61. The van der Waals surface area contributed by atoms with E-state index in [0.29, 0.717) is 22.6 Å². The van der Waals surface area contributed by atoms with Crippen LogP contribution in [0.5, 0.6) is 0 Å². The summed E-state index contributed by atoms with van der Waals surface area (Å²) in [5.74, 6) is 1.05. The zero-order valence-corrected chi connectivity index (χ0v) is 18.3. The average molecular weight is 446 g/mol. The summed E-state index contributed by atoms with van der Waals surface area (Å²) in [5, 5.41) is 1.22. The maximum Gasteiger partial charge on any atom is 0.157 e. The molecule has 3 aromatic rings. The van der Waals surface area contributed by atoms with Gasteiger partial charge < -0.3 is 9.72 Å². The Balaban J connectivity index is 1.79. The first-order valence-corrected chi connectivity index (χ1v) is 11.4. The number of H-pyrrole nitrogens is 1. The van der Waals surface area contributed by atoms with Crippen molar-refractivity contribution in [3.05, 3.63) is 70.1 Å². The van der Waals surface area contributed by atoms with Crippen molar-refractivity contribution in [1.29, 1.82) is 0 Å². The molecule has 1 N–H and O–H groups in total. The molecule has 7 heteroatoms. The molecule has 4 rings (SSSR count). The van der Waals surface area contributed by atoms with Crippen molar-refractivity contribution < 1.29 is 4.74 Å². The van der Waals surface area contributed by atoms with E-state index in [9.17, 15) is 0 Å². The van der Waals surface area contributed by atoms with Crippen LogP contribution in [-0.2, 0) is 4.74 Å². The lowest BCUT2D eigenvalue weighted by molar-refractivity contribution is 0.0786. The molecule has 29 heavy (non-hydrogen) atoms. The van der Waals surface area contributed by atoms with Crippen LogP contribution in [-0.4, -0.2) is 34.4 Å². The molecule has 150 valence electrons. The van der Waals surface area contributed by atoms with Gasteiger partial charge in [0.25, 0.3) is 0 Å². The van der Waals surface area contributed by atoms with Crippen LogP contribution in [0.25, 0.3) is 17.1 Å². The van der Waals surface area contributed by atoms with Crippen molar-refractivity contribution in [3.63, 3.8) is 0 Å². The number of rotatable bonds is 5. The van der Waals surface area contributed by atoms with Crippen LogP contribution in [0.2, 0.25) is 10.2 Å². The minimum Gasteiger partial charge on any atom is -0.381 e. The third kappa shape index (κ3) is 4.69. The predicted octanol–water partition coefficient (Wildman–Crippen LogP) is 6.36. The number of halogens is 2. The molecule has 1 aliphatic rings. The van der Waals surface area contributed by atoms with E-state index in [1.807, 2.05) is 36.6 Å². The monoisotopic (exact) mass is 445 g/mol. The molecule has 0 aliphatic carbocycles. The van der Waals surface area contributed by atoms with Gasteiger partial charge in [0.15, 0.2) is 5.82 Å². The number of thioether (sulfide) groups is 1. The summed E-state index contributed by atoms with van der Waals surface area (Å²) < 4.78 is 5.52. The van der Waals surface area contributed by atoms with Gasteiger partial charge in [0.05, 0.1) is 5.02 Å². The first-order chi connectivity index (χ1) is 14.2. The number of ether oxygens (including phenoxy) is 1. The topological polar surface area (TPSA) is 50.8 Å². The summed E-state index contributed by atoms with van der Waals surface area (Å²) in [6.07, 6.45) is 7.98. The molecule has 0 radical (unpaired) electrons. The third-order valence-corrected chi connectivity index (χ3v) is 6.45. The quantitative estimate of drug-likeness (QED) is 0.464. The fourth-order valence-electron chi connectivity index (χ4n) is 3.42. The van der Waals surface area contributed by atoms with E-state index in [1.54, 1.807) is 18.0 Å². The minimum absolute atomic E-state index is 0.406. The normalized spacial score (nSPS) is 15.6. The van der Waals surface area contributed by atoms with Crippen LogP contribution in [0.3, 0.4) is 0 Å². The lowest BCUT2D eigenvalue weighted by Crippen LogP contribution is -2.14. The van der Waals surface area contributed by atoms with E-state index in [1.165, 1.54) is 0 Å². The number of allylic oxidation sites excluding steroid dienone is 1. The van der Waals surface area contributed by atoms with Crippen LogP contribution < -0.4 is 0 Å². The molecule has 0 saturated carbocycles. The molecular weight excluding hydrogens is 425 g/mol. The van der Waals surface area contributed by atoms with Crippen molar-refractivity contribution in [3.8, 4) is 11.5 Å². The maximum atomic E-state index is 6.61. The SMILES string of the molecule is CSc1ccc(C(=CC2CCOCC2)c2nc(-c3ccccn3)[nH]c2Cl)cc1Cl. The highest BCUT2D eigenvalue weighted by atomic mass is 35.5. The van der Waals surface area contributed by atoms with E-state index in [-0.39, 0.29) is 0 Å². The Morgan fingerprint density at radius 1 is 1.21 bits per heavy atom. The molecule has 0 amide bonds. The molecule has 0 bridgehead atoms. The van der Waals surface area contributed by atoms with Crippen LogP contribution >= 0.6 is 35.0 Å². The highest BCUT2D eigenvalue weighted by Crippen LogP contribution is 2.35. The Bertz CT molecular complexity index is 1010. The summed E-state index contributed by atoms with van der Waals surface area (Å²) in [6.45, 7) is 1.54. The van der Waals surface area contributed by atoms with Crippen LogP contribution in [0, 0.1) is 5.92 Å². The van der Waals surface area contributed by atoms with Crippen LogP contribution in [0.1, 0.15) is 24.1 Å². The van der Waals surface area contributed by atoms with E-state index in [0.717, 1.165) is 52.8 Å². The van der Waals surface area contributed by atoms with Gasteiger partial charge in [-0.2, -0.15) is 0 Å². The minimum atomic E-state index is 0.406. The largest absolute Gasteiger partial charge is 0.381 e. The van der Waals surface area contributed by atoms with Crippen molar-refractivity contribution in [2.75, 3.05) is 19.5 Å². The molecule has 0 unspecified atom stereocenters. The Kier molecular flexibility index (Phi) is 6.60. The number of nitrogens with one attached hydrogen (secondary N) is 1. The summed E-state index contributed by atoms with van der Waals surface area (Å²) in [4.78, 5) is 13.4. The standard InChI is InChI=1S/C22H21Cl2N3OS/c1-29-19-6-5-15(13-17(19)23)16(12-14-7-10-28-11-8-14)20-21(24)27-22(26-20)18-4-2-3-9-25-18/h2-6,9,12-14H,7-8,10-11H2,1H3,(H,26,27). The number of aromatic nitrogens is 3. The van der Waals surface area contributed by atoms with E-state index in [2.05, 4.69) is 22.1 Å². The molecule has 2 aromatic heterocycles. The molecular formula is C22H21Cl2N3OS. The number of hydrogen-bond acceptors (Lipinski definition) is 4. The van der Waals surface area contributed by atoms with Gasteiger partial charge in [0, 0.05) is 29.9 Å². The molecule has 0 spiro atoms. The molecule has 1 fully saturated rings. The van der Waals surface area contributed by atoms with Gasteiger partial charge in [0.2, 0.25) is 0 Å². The fraction of sp³-hybridized carbons (Fsp3) is 0.273. The second-order valence-corrected chi connectivity index (χ2v) is 8.48. The number of nitrogens with zero attached hydrogens (tertiary/aromatic N) is 2. The number of hydrogen-bond donors (Lipinski definition) is 1. The summed E-state index contributed by atoms with van der Waals surface area (Å²) in [6, 6.07) is 11.8. The van der Waals surface area contributed by atoms with Crippen molar-refractivity contribution >= 4 is 40.5 Å². The van der Waals surface area contributed by atoms with Gasteiger partial charge in [-0.3, -0.25) is 4.98 Å². The Labute approximate surface area is 184 Å². The van der Waals surface area contributed by atoms with Crippen LogP contribution in [0.4, 0.5) is 0 Å². The average Bonchev–Trinajstić information content (AvgIpc) is 3.15. The smallest absolute Gasteiger partial charge is 0.157 e. The van der Waals surface area contributed by atoms with Crippen molar-refractivity contribution in [2.45, 2.75) is 17.7 Å². The third-order valence-electron chi connectivity index (χ3n) is 4.95. The lowest BCUT2D eigenvalue weighted by Gasteiger charge is -2.20. The zero-order valence-electron chi connectivity index (χ0n) is 16.0. The van der Waals surface area contributed by atoms with Crippen molar-refractivity contribution in [1.82, 2.24) is 15.0 Å². The predicted molar refractivity (Wildman–Crippen MR) is 121 cm³/mol. The number of benzene rings is 1. The number of imidazole rings is 1. The number of aromatic amines is 1. The molecule has 1 aromatic carbocycles. The van der Waals surface area contributed by atoms with E-state index >= 15 is 0 Å². The fourth-order valence-corrected chi connectivity index (χ4v) is 4.52. The molecule has 0 atom stereocenters. The summed E-state index contributed by atoms with van der Waals surface area (Å²) >= 11 is 14.7. The first kappa shape index (κ1) is 20.5. The Morgan fingerprint density at radius 2 is 2.03 bits per heavy atom. The molecule has 3 heterocycles. The van der Waals surface area contributed by atoms with Gasteiger partial charge in [0.1, 0.15) is 16.5 Å². The van der Waals surface area contributed by atoms with Gasteiger partial charge in [-0.1, -0.05) is 41.4 Å². The summed E-state index contributed by atoms with van der Waals surface area (Å²) in [7, 11) is 0. The highest BCUT2D eigenvalue weighted by Gasteiger charge is 2.20. The van der Waals surface area contributed by atoms with Crippen LogP contribution in [0.15, 0.2) is 53.6 Å². The second-order valence-electron chi connectivity index (χ2n) is 6.84. The number of pyridine rings is 1. The Hall–Kier alpha value is -1.79. The first-order valence-electron chi connectivity index (χ1n) is 9.46. The summed E-state index contributed by atoms with van der Waals surface area (Å²) in [5.41, 5.74) is 3.45.